The molecule has 0 aliphatic rings. The number of amides is 3. The lowest BCUT2D eigenvalue weighted by molar-refractivity contribution is -0.141. The third-order valence-corrected chi connectivity index (χ3v) is 4.37. The SMILES string of the molecule is CC(NC(=O)C(CO)NC(=O)C(N)Cc1ccccc1)C(=O)NC(CS)C(=O)O. The van der Waals surface area contributed by atoms with Gasteiger partial charge in [-0.3, -0.25) is 14.4 Å². The number of carboxylic acid groups (broad SMARTS) is 1. The minimum atomic E-state index is -1.32. The molecule has 3 amide bonds. The maximum atomic E-state index is 12.3. The van der Waals surface area contributed by atoms with Crippen LogP contribution < -0.4 is 21.7 Å². The van der Waals surface area contributed by atoms with Crippen LogP contribution in [0.1, 0.15) is 12.5 Å². The molecule has 0 spiro atoms. The third kappa shape index (κ3) is 8.10. The van der Waals surface area contributed by atoms with Crippen LogP contribution in [-0.4, -0.2) is 70.4 Å². The van der Waals surface area contributed by atoms with Gasteiger partial charge in [0.15, 0.2) is 0 Å². The number of thiol groups is 1. The monoisotopic (exact) mass is 426 g/mol. The molecule has 1 aromatic carbocycles. The Hall–Kier alpha value is -2.63. The molecule has 0 saturated carbocycles. The highest BCUT2D eigenvalue weighted by molar-refractivity contribution is 7.80. The number of carboxylic acids is 1. The highest BCUT2D eigenvalue weighted by Gasteiger charge is 2.27. The van der Waals surface area contributed by atoms with Gasteiger partial charge in [0.05, 0.1) is 12.6 Å². The predicted octanol–water partition coefficient (Wildman–Crippen LogP) is -1.96. The molecule has 160 valence electrons. The van der Waals surface area contributed by atoms with E-state index in [1.54, 1.807) is 24.3 Å². The van der Waals surface area contributed by atoms with Gasteiger partial charge in [-0.1, -0.05) is 30.3 Å². The zero-order chi connectivity index (χ0) is 22.0. The van der Waals surface area contributed by atoms with Gasteiger partial charge in [-0.15, -0.1) is 0 Å². The molecule has 29 heavy (non-hydrogen) atoms. The normalized spacial score (nSPS) is 14.8. The first-order valence-electron chi connectivity index (χ1n) is 8.84. The number of nitrogens with one attached hydrogen (secondary N) is 3. The molecule has 7 N–H and O–H groups in total. The molecule has 1 aromatic rings. The average Bonchev–Trinajstić information content (AvgIpc) is 2.69. The Bertz CT molecular complexity index is 718. The molecule has 4 unspecified atom stereocenters. The molecule has 0 radical (unpaired) electrons. The van der Waals surface area contributed by atoms with E-state index in [-0.39, 0.29) is 12.2 Å². The second-order valence-electron chi connectivity index (χ2n) is 6.35. The Labute approximate surface area is 173 Å². The zero-order valence-electron chi connectivity index (χ0n) is 15.9. The van der Waals surface area contributed by atoms with Crippen LogP contribution in [0.3, 0.4) is 0 Å². The number of carbonyl (C=O) groups excluding carboxylic acids is 3. The summed E-state index contributed by atoms with van der Waals surface area (Å²) in [5.74, 6) is -3.59. The van der Waals surface area contributed by atoms with Gasteiger partial charge in [-0.2, -0.15) is 12.6 Å². The van der Waals surface area contributed by atoms with Gasteiger partial charge in [0.2, 0.25) is 17.7 Å². The topological polar surface area (TPSA) is 171 Å². The number of hydrogen-bond donors (Lipinski definition) is 7. The Morgan fingerprint density at radius 2 is 1.59 bits per heavy atom. The van der Waals surface area contributed by atoms with Crippen molar-refractivity contribution in [3.8, 4) is 0 Å². The summed E-state index contributed by atoms with van der Waals surface area (Å²) < 4.78 is 0. The number of rotatable bonds is 11. The van der Waals surface area contributed by atoms with Gasteiger partial charge in [0.1, 0.15) is 18.1 Å². The van der Waals surface area contributed by atoms with E-state index in [4.69, 9.17) is 10.8 Å². The molecule has 11 heteroatoms. The van der Waals surface area contributed by atoms with E-state index in [1.807, 2.05) is 6.07 Å². The largest absolute Gasteiger partial charge is 0.480 e. The Morgan fingerprint density at radius 3 is 2.10 bits per heavy atom. The molecule has 0 aliphatic carbocycles. The molecule has 0 bridgehead atoms. The van der Waals surface area contributed by atoms with Crippen LogP contribution in [0.2, 0.25) is 0 Å². The van der Waals surface area contributed by atoms with Crippen molar-refractivity contribution < 1.29 is 29.4 Å². The quantitative estimate of drug-likeness (QED) is 0.201. The van der Waals surface area contributed by atoms with E-state index in [1.165, 1.54) is 6.92 Å². The second kappa shape index (κ2) is 12.0. The van der Waals surface area contributed by atoms with Gasteiger partial charge >= 0.3 is 5.97 Å². The van der Waals surface area contributed by atoms with Crippen molar-refractivity contribution in [3.63, 3.8) is 0 Å². The first-order valence-corrected chi connectivity index (χ1v) is 9.48. The van der Waals surface area contributed by atoms with Crippen LogP contribution in [0, 0.1) is 0 Å². The fraction of sp³-hybridized carbons (Fsp3) is 0.444. The summed E-state index contributed by atoms with van der Waals surface area (Å²) in [6.07, 6.45) is 0.242. The van der Waals surface area contributed by atoms with Gasteiger partial charge in [-0.05, 0) is 18.9 Å². The van der Waals surface area contributed by atoms with Crippen molar-refractivity contribution in [2.75, 3.05) is 12.4 Å². The number of aliphatic hydroxyl groups excluding tert-OH is 1. The summed E-state index contributed by atoms with van der Waals surface area (Å²) in [5, 5.41) is 25.2. The van der Waals surface area contributed by atoms with E-state index in [9.17, 15) is 24.3 Å². The molecule has 0 fully saturated rings. The summed E-state index contributed by atoms with van der Waals surface area (Å²) in [5.41, 5.74) is 6.68. The van der Waals surface area contributed by atoms with E-state index in [2.05, 4.69) is 28.6 Å². The van der Waals surface area contributed by atoms with Crippen molar-refractivity contribution >= 4 is 36.3 Å². The van der Waals surface area contributed by atoms with Crippen LogP contribution in [0.5, 0.6) is 0 Å². The smallest absolute Gasteiger partial charge is 0.327 e. The van der Waals surface area contributed by atoms with E-state index >= 15 is 0 Å². The van der Waals surface area contributed by atoms with Crippen molar-refractivity contribution in [3.05, 3.63) is 35.9 Å². The van der Waals surface area contributed by atoms with Gasteiger partial charge in [-0.25, -0.2) is 4.79 Å². The lowest BCUT2D eigenvalue weighted by Crippen LogP contribution is -2.57. The van der Waals surface area contributed by atoms with Gasteiger partial charge < -0.3 is 31.9 Å². The fourth-order valence-corrected chi connectivity index (χ4v) is 2.54. The molecule has 0 aromatic heterocycles. The van der Waals surface area contributed by atoms with Gasteiger partial charge in [0, 0.05) is 5.75 Å². The zero-order valence-corrected chi connectivity index (χ0v) is 16.8. The minimum absolute atomic E-state index is 0.129. The summed E-state index contributed by atoms with van der Waals surface area (Å²) in [6.45, 7) is 0.625. The van der Waals surface area contributed by atoms with Crippen LogP contribution in [0.25, 0.3) is 0 Å². The maximum absolute atomic E-state index is 12.3. The number of aliphatic hydroxyl groups is 1. The molecule has 4 atom stereocenters. The molecular formula is C18H26N4O6S. The standard InChI is InChI=1S/C18H26N4O6S/c1-10(15(24)22-14(9-29)18(27)28)20-17(26)13(8-23)21-16(25)12(19)7-11-5-3-2-4-6-11/h2-6,10,12-14,23,29H,7-9,19H2,1H3,(H,20,26)(H,21,25)(H,22,24)(H,27,28). The number of hydrogen-bond acceptors (Lipinski definition) is 7. The van der Waals surface area contributed by atoms with Crippen LogP contribution >= 0.6 is 12.6 Å². The molecule has 0 saturated heterocycles. The minimum Gasteiger partial charge on any atom is -0.480 e. The molecule has 1 rings (SSSR count). The third-order valence-electron chi connectivity index (χ3n) is 4.00. The fourth-order valence-electron chi connectivity index (χ4n) is 2.30. The summed E-state index contributed by atoms with van der Waals surface area (Å²) in [7, 11) is 0. The Morgan fingerprint density at radius 1 is 1.00 bits per heavy atom. The summed E-state index contributed by atoms with van der Waals surface area (Å²) in [4.78, 5) is 47.4. The molecule has 10 nitrogen and oxygen atoms in total. The predicted molar refractivity (Wildman–Crippen MR) is 108 cm³/mol. The van der Waals surface area contributed by atoms with Crippen molar-refractivity contribution in [1.82, 2.24) is 16.0 Å². The summed E-state index contributed by atoms with van der Waals surface area (Å²) in [6, 6.07) is 4.47. The van der Waals surface area contributed by atoms with Crippen molar-refractivity contribution in [2.24, 2.45) is 5.73 Å². The maximum Gasteiger partial charge on any atom is 0.327 e. The summed E-state index contributed by atoms with van der Waals surface area (Å²) >= 11 is 3.83. The highest BCUT2D eigenvalue weighted by atomic mass is 32.1. The lowest BCUT2D eigenvalue weighted by Gasteiger charge is -2.22. The first kappa shape index (κ1) is 24.4. The van der Waals surface area contributed by atoms with Crippen molar-refractivity contribution in [1.29, 1.82) is 0 Å². The Kier molecular flexibility index (Phi) is 10.1. The molecule has 0 aliphatic heterocycles. The molecular weight excluding hydrogens is 400 g/mol. The van der Waals surface area contributed by atoms with Gasteiger partial charge in [0.25, 0.3) is 0 Å². The number of benzene rings is 1. The number of carbonyl (C=O) groups is 4. The van der Waals surface area contributed by atoms with Crippen LogP contribution in [-0.2, 0) is 25.6 Å². The molecule has 0 heterocycles. The van der Waals surface area contributed by atoms with E-state index in [0.29, 0.717) is 0 Å². The highest BCUT2D eigenvalue weighted by Crippen LogP contribution is 2.02. The average molecular weight is 426 g/mol. The lowest BCUT2D eigenvalue weighted by atomic mass is 10.1. The number of nitrogens with two attached hydrogens (primary N) is 1. The van der Waals surface area contributed by atoms with E-state index in [0.717, 1.165) is 5.56 Å². The van der Waals surface area contributed by atoms with Crippen LogP contribution in [0.15, 0.2) is 30.3 Å². The second-order valence-corrected chi connectivity index (χ2v) is 6.72. The van der Waals surface area contributed by atoms with Crippen molar-refractivity contribution in [2.45, 2.75) is 37.5 Å². The number of aliphatic carboxylic acids is 1. The van der Waals surface area contributed by atoms with E-state index < -0.39 is 54.5 Å². The Balaban J connectivity index is 2.60. The first-order chi connectivity index (χ1) is 13.7. The van der Waals surface area contributed by atoms with Crippen LogP contribution in [0.4, 0.5) is 0 Å².